The van der Waals surface area contributed by atoms with Crippen molar-refractivity contribution in [2.45, 2.75) is 85.2 Å². The van der Waals surface area contributed by atoms with Gasteiger partial charge in [0.25, 0.3) is 0 Å². The third-order valence-corrected chi connectivity index (χ3v) is 6.91. The van der Waals surface area contributed by atoms with Crippen LogP contribution in [0.15, 0.2) is 54.6 Å². The van der Waals surface area contributed by atoms with E-state index in [2.05, 4.69) is 20.8 Å². The predicted octanol–water partition coefficient (Wildman–Crippen LogP) is 9.17. The van der Waals surface area contributed by atoms with Gasteiger partial charge in [0.1, 0.15) is 18.2 Å². The van der Waals surface area contributed by atoms with Gasteiger partial charge in [0.15, 0.2) is 11.6 Å². The van der Waals surface area contributed by atoms with Gasteiger partial charge in [0, 0.05) is 12.0 Å². The second-order valence-electron chi connectivity index (χ2n) is 11.3. The number of rotatable bonds is 13. The Labute approximate surface area is 237 Å². The van der Waals surface area contributed by atoms with Gasteiger partial charge in [0.05, 0.1) is 7.11 Å². The number of hydrogen-bond acceptors (Lipinski definition) is 3. The summed E-state index contributed by atoms with van der Waals surface area (Å²) in [6.07, 6.45) is 8.43. The Kier molecular flexibility index (Phi) is 11.5. The van der Waals surface area contributed by atoms with Gasteiger partial charge in [0.2, 0.25) is 0 Å². The van der Waals surface area contributed by atoms with Gasteiger partial charge in [-0.25, -0.2) is 8.78 Å². The molecule has 4 rings (SSSR count). The summed E-state index contributed by atoms with van der Waals surface area (Å²) in [5, 5.41) is 8.91. The first-order valence-corrected chi connectivity index (χ1v) is 14.2. The van der Waals surface area contributed by atoms with Gasteiger partial charge in [-0.05, 0) is 71.2 Å². The molecule has 216 valence electrons. The number of aryl methyl sites for hydroxylation is 1. The van der Waals surface area contributed by atoms with Crippen LogP contribution in [0.3, 0.4) is 0 Å². The van der Waals surface area contributed by atoms with Crippen LogP contribution >= 0.6 is 0 Å². The van der Waals surface area contributed by atoms with Crippen molar-refractivity contribution in [2.75, 3.05) is 7.11 Å². The molecule has 40 heavy (non-hydrogen) atoms. The summed E-state index contributed by atoms with van der Waals surface area (Å²) in [4.78, 5) is 10.9. The summed E-state index contributed by atoms with van der Waals surface area (Å²) in [5.41, 5.74) is 3.41. The monoisotopic (exact) mass is 552 g/mol. The first kappa shape index (κ1) is 31.1. The highest BCUT2D eigenvalue weighted by Gasteiger charge is 2.22. The van der Waals surface area contributed by atoms with Crippen LogP contribution in [0.1, 0.15) is 82.4 Å². The first-order valence-electron chi connectivity index (χ1n) is 14.2. The number of unbranched alkanes of at least 4 members (excludes halogenated alkanes) is 1. The lowest BCUT2D eigenvalue weighted by molar-refractivity contribution is -0.136. The van der Waals surface area contributed by atoms with E-state index in [9.17, 15) is 13.6 Å². The smallest absolute Gasteiger partial charge is 0.303 e. The van der Waals surface area contributed by atoms with Crippen LogP contribution in [0.5, 0.6) is 11.5 Å². The number of carboxylic acid groups (broad SMARTS) is 1. The summed E-state index contributed by atoms with van der Waals surface area (Å²) in [7, 11) is 1.56. The lowest BCUT2D eigenvalue weighted by Crippen LogP contribution is -2.16. The predicted molar refractivity (Wildman–Crippen MR) is 156 cm³/mol. The number of aliphatic carboxylic acids is 1. The van der Waals surface area contributed by atoms with Crippen molar-refractivity contribution in [3.8, 4) is 22.6 Å². The molecule has 1 saturated carbocycles. The molecular weight excluding hydrogens is 510 g/mol. The highest BCUT2D eigenvalue weighted by molar-refractivity contribution is 5.70. The van der Waals surface area contributed by atoms with Crippen molar-refractivity contribution in [1.82, 2.24) is 0 Å². The second kappa shape index (κ2) is 14.8. The van der Waals surface area contributed by atoms with Gasteiger partial charge < -0.3 is 14.6 Å². The highest BCUT2D eigenvalue weighted by Crippen LogP contribution is 2.36. The van der Waals surface area contributed by atoms with Crippen LogP contribution in [0.25, 0.3) is 11.1 Å². The highest BCUT2D eigenvalue weighted by atomic mass is 19.1. The summed E-state index contributed by atoms with van der Waals surface area (Å²) >= 11 is 0. The van der Waals surface area contributed by atoms with E-state index in [1.54, 1.807) is 31.4 Å². The standard InChI is InChI=1S/C31H36F2O4.C3H6/c1-5-6-16-31(2,3)19-23-17-21(10-13-25(23)26-18-24(36-4)12-14-27(26)32)20-37-28-9-7-8-22(30(28)33)11-15-29(34)35;1-2-3-1/h7-10,12-14,17-18H,5-6,11,15-16,19-20H2,1-4H3,(H,34,35);1-3H2. The van der Waals surface area contributed by atoms with Crippen LogP contribution in [-0.2, 0) is 24.2 Å². The Morgan fingerprint density at radius 1 is 0.975 bits per heavy atom. The number of carboxylic acids is 1. The van der Waals surface area contributed by atoms with E-state index in [0.29, 0.717) is 16.9 Å². The molecule has 0 unspecified atom stereocenters. The fourth-order valence-electron chi connectivity index (χ4n) is 4.51. The maximum absolute atomic E-state index is 14.9. The molecule has 1 fully saturated rings. The molecule has 4 nitrogen and oxygen atoms in total. The zero-order valence-corrected chi connectivity index (χ0v) is 24.2. The maximum Gasteiger partial charge on any atom is 0.303 e. The average molecular weight is 553 g/mol. The summed E-state index contributed by atoms with van der Waals surface area (Å²) in [6.45, 7) is 6.73. The van der Waals surface area contributed by atoms with E-state index in [-0.39, 0.29) is 36.4 Å². The number of methoxy groups -OCH3 is 1. The zero-order chi connectivity index (χ0) is 29.1. The van der Waals surface area contributed by atoms with Crippen molar-refractivity contribution in [3.63, 3.8) is 0 Å². The largest absolute Gasteiger partial charge is 0.497 e. The molecule has 0 amide bonds. The molecule has 0 bridgehead atoms. The third-order valence-electron chi connectivity index (χ3n) is 6.91. The minimum atomic E-state index is -0.979. The van der Waals surface area contributed by atoms with Crippen LogP contribution < -0.4 is 9.47 Å². The SMILES string of the molecule is C1CC1.CCCCC(C)(C)Cc1cc(COc2cccc(CCC(=O)O)c2F)ccc1-c1cc(OC)ccc1F. The normalized spacial score (nSPS) is 12.3. The molecule has 0 aromatic heterocycles. The summed E-state index contributed by atoms with van der Waals surface area (Å²) in [5.74, 6) is -1.18. The minimum Gasteiger partial charge on any atom is -0.497 e. The van der Waals surface area contributed by atoms with E-state index in [1.165, 1.54) is 31.4 Å². The fourth-order valence-corrected chi connectivity index (χ4v) is 4.51. The zero-order valence-electron chi connectivity index (χ0n) is 24.2. The maximum atomic E-state index is 14.9. The number of carbonyl (C=O) groups is 1. The van der Waals surface area contributed by atoms with Crippen molar-refractivity contribution < 1.29 is 28.2 Å². The summed E-state index contributed by atoms with van der Waals surface area (Å²) in [6, 6.07) is 15.3. The third kappa shape index (κ3) is 9.65. The topological polar surface area (TPSA) is 55.8 Å². The molecular formula is C34H42F2O4. The average Bonchev–Trinajstić information content (AvgIpc) is 3.81. The Balaban J connectivity index is 0.00000137. The van der Waals surface area contributed by atoms with Crippen molar-refractivity contribution in [2.24, 2.45) is 5.41 Å². The fraction of sp³-hybridized carbons (Fsp3) is 0.441. The Hall–Kier alpha value is -3.41. The quantitative estimate of drug-likeness (QED) is 0.230. The molecule has 0 saturated heterocycles. The van der Waals surface area contributed by atoms with Gasteiger partial charge in [-0.15, -0.1) is 0 Å². The van der Waals surface area contributed by atoms with E-state index in [0.717, 1.165) is 42.4 Å². The number of hydrogen-bond donors (Lipinski definition) is 1. The molecule has 0 aliphatic heterocycles. The van der Waals surface area contributed by atoms with E-state index in [1.807, 2.05) is 18.2 Å². The van der Waals surface area contributed by atoms with Crippen LogP contribution in [0, 0.1) is 17.0 Å². The van der Waals surface area contributed by atoms with E-state index in [4.69, 9.17) is 14.6 Å². The lowest BCUT2D eigenvalue weighted by atomic mass is 9.79. The molecule has 0 atom stereocenters. The molecule has 6 heteroatoms. The van der Waals surface area contributed by atoms with Gasteiger partial charge in [-0.1, -0.05) is 83.2 Å². The molecule has 0 spiro atoms. The van der Waals surface area contributed by atoms with Crippen molar-refractivity contribution >= 4 is 5.97 Å². The Morgan fingerprint density at radius 3 is 2.38 bits per heavy atom. The van der Waals surface area contributed by atoms with Crippen molar-refractivity contribution in [3.05, 3.63) is 82.9 Å². The van der Waals surface area contributed by atoms with Crippen LogP contribution in [0.2, 0.25) is 0 Å². The van der Waals surface area contributed by atoms with Gasteiger partial charge >= 0.3 is 5.97 Å². The number of halogens is 2. The van der Waals surface area contributed by atoms with E-state index >= 15 is 0 Å². The van der Waals surface area contributed by atoms with Gasteiger partial charge in [-0.2, -0.15) is 0 Å². The molecule has 3 aromatic carbocycles. The minimum absolute atomic E-state index is 0.00413. The molecule has 1 aliphatic rings. The Morgan fingerprint density at radius 2 is 1.73 bits per heavy atom. The Bertz CT molecular complexity index is 1260. The summed E-state index contributed by atoms with van der Waals surface area (Å²) < 4.78 is 40.9. The van der Waals surface area contributed by atoms with Crippen LogP contribution in [-0.4, -0.2) is 18.2 Å². The molecule has 0 radical (unpaired) electrons. The molecule has 0 heterocycles. The lowest BCUT2D eigenvalue weighted by Gasteiger charge is -2.26. The number of benzene rings is 3. The second-order valence-corrected chi connectivity index (χ2v) is 11.3. The first-order chi connectivity index (χ1) is 19.1. The number of ether oxygens (including phenoxy) is 2. The molecule has 3 aromatic rings. The molecule has 1 aliphatic carbocycles. The van der Waals surface area contributed by atoms with Crippen molar-refractivity contribution in [1.29, 1.82) is 0 Å². The van der Waals surface area contributed by atoms with Gasteiger partial charge in [-0.3, -0.25) is 4.79 Å². The van der Waals surface area contributed by atoms with E-state index < -0.39 is 11.8 Å². The van der Waals surface area contributed by atoms with Crippen LogP contribution in [0.4, 0.5) is 8.78 Å². The molecule has 1 N–H and O–H groups in total.